The highest BCUT2D eigenvalue weighted by atomic mass is 16.5. The molecule has 0 unspecified atom stereocenters. The number of aromatic nitrogens is 1. The Labute approximate surface area is 111 Å². The van der Waals surface area contributed by atoms with Gasteiger partial charge in [-0.25, -0.2) is 4.79 Å². The molecule has 19 heavy (non-hydrogen) atoms. The van der Waals surface area contributed by atoms with Gasteiger partial charge in [-0.2, -0.15) is 0 Å². The molecule has 1 amide bonds. The Hall–Kier alpha value is -2.24. The van der Waals surface area contributed by atoms with Gasteiger partial charge in [0.05, 0.1) is 12.7 Å². The molecule has 1 aromatic rings. The first-order valence-corrected chi connectivity index (χ1v) is 5.82. The number of rotatable bonds is 6. The van der Waals surface area contributed by atoms with Crippen LogP contribution < -0.4 is 5.32 Å². The molecule has 1 rings (SSSR count). The Kier molecular flexibility index (Phi) is 5.66. The monoisotopic (exact) mass is 264 g/mol. The van der Waals surface area contributed by atoms with E-state index in [-0.39, 0.29) is 18.6 Å². The standard InChI is InChI=1S/C13H16N2O4/c1-9(16)5-6-11(13(18)19-2)15-12(17)10-4-3-7-14-8-10/h3-4,7-8,11H,5-6H2,1-2H3,(H,15,17)/t11-/m0/s1. The number of methoxy groups -OCH3 is 1. The minimum absolute atomic E-state index is 0.0514. The van der Waals surface area contributed by atoms with E-state index in [0.717, 1.165) is 0 Å². The lowest BCUT2D eigenvalue weighted by molar-refractivity contribution is -0.143. The van der Waals surface area contributed by atoms with Crippen LogP contribution in [0.4, 0.5) is 0 Å². The molecule has 0 saturated heterocycles. The molecule has 1 heterocycles. The van der Waals surface area contributed by atoms with Crippen LogP contribution in [0.5, 0.6) is 0 Å². The number of ether oxygens (including phenoxy) is 1. The Morgan fingerprint density at radius 2 is 2.16 bits per heavy atom. The lowest BCUT2D eigenvalue weighted by atomic mass is 10.1. The summed E-state index contributed by atoms with van der Waals surface area (Å²) in [6, 6.07) is 2.38. The zero-order chi connectivity index (χ0) is 14.3. The number of nitrogens with one attached hydrogen (secondary N) is 1. The molecule has 0 aliphatic carbocycles. The highest BCUT2D eigenvalue weighted by Gasteiger charge is 2.22. The van der Waals surface area contributed by atoms with Crippen molar-refractivity contribution >= 4 is 17.7 Å². The van der Waals surface area contributed by atoms with E-state index < -0.39 is 17.9 Å². The Bertz CT molecular complexity index is 459. The normalized spacial score (nSPS) is 11.5. The van der Waals surface area contributed by atoms with Gasteiger partial charge in [-0.1, -0.05) is 0 Å². The number of nitrogens with zero attached hydrogens (tertiary/aromatic N) is 1. The lowest BCUT2D eigenvalue weighted by Gasteiger charge is -2.15. The molecule has 0 saturated carbocycles. The van der Waals surface area contributed by atoms with E-state index in [1.807, 2.05) is 0 Å². The molecule has 0 radical (unpaired) electrons. The Morgan fingerprint density at radius 3 is 2.68 bits per heavy atom. The fourth-order valence-electron chi connectivity index (χ4n) is 1.48. The quantitative estimate of drug-likeness (QED) is 0.765. The van der Waals surface area contributed by atoms with Crippen LogP contribution in [0.3, 0.4) is 0 Å². The van der Waals surface area contributed by atoms with Crippen LogP contribution in [0.15, 0.2) is 24.5 Å². The maximum Gasteiger partial charge on any atom is 0.328 e. The maximum absolute atomic E-state index is 11.9. The van der Waals surface area contributed by atoms with Gasteiger partial charge in [-0.05, 0) is 25.5 Å². The van der Waals surface area contributed by atoms with Crippen LogP contribution in [0.1, 0.15) is 30.1 Å². The van der Waals surface area contributed by atoms with Gasteiger partial charge in [0.15, 0.2) is 0 Å². The van der Waals surface area contributed by atoms with Gasteiger partial charge >= 0.3 is 5.97 Å². The fraction of sp³-hybridized carbons (Fsp3) is 0.385. The molecular weight excluding hydrogens is 248 g/mol. The van der Waals surface area contributed by atoms with Crippen molar-refractivity contribution in [3.05, 3.63) is 30.1 Å². The summed E-state index contributed by atoms with van der Waals surface area (Å²) in [5.74, 6) is -1.05. The number of Topliss-reactive ketones (excluding diaryl/α,β-unsaturated/α-hetero) is 1. The van der Waals surface area contributed by atoms with Crippen molar-refractivity contribution < 1.29 is 19.1 Å². The van der Waals surface area contributed by atoms with Crippen LogP contribution in [0.2, 0.25) is 0 Å². The van der Waals surface area contributed by atoms with Crippen molar-refractivity contribution in [3.8, 4) is 0 Å². The summed E-state index contributed by atoms with van der Waals surface area (Å²) in [7, 11) is 1.24. The second-order valence-electron chi connectivity index (χ2n) is 4.03. The third-order valence-corrected chi connectivity index (χ3v) is 2.50. The number of ketones is 1. The molecule has 0 aliphatic rings. The van der Waals surface area contributed by atoms with E-state index >= 15 is 0 Å². The SMILES string of the molecule is COC(=O)[C@H](CCC(C)=O)NC(=O)c1cccnc1. The summed E-state index contributed by atoms with van der Waals surface area (Å²) in [6.07, 6.45) is 3.36. The molecule has 0 aliphatic heterocycles. The van der Waals surface area contributed by atoms with E-state index in [9.17, 15) is 14.4 Å². The lowest BCUT2D eigenvalue weighted by Crippen LogP contribution is -2.41. The van der Waals surface area contributed by atoms with E-state index in [2.05, 4.69) is 15.0 Å². The van der Waals surface area contributed by atoms with Crippen LogP contribution in [0.25, 0.3) is 0 Å². The molecule has 0 spiro atoms. The second kappa shape index (κ2) is 7.25. The van der Waals surface area contributed by atoms with Crippen LogP contribution in [-0.2, 0) is 14.3 Å². The Balaban J connectivity index is 2.69. The predicted molar refractivity (Wildman–Crippen MR) is 67.4 cm³/mol. The summed E-state index contributed by atoms with van der Waals surface area (Å²) in [4.78, 5) is 38.2. The second-order valence-corrected chi connectivity index (χ2v) is 4.03. The Morgan fingerprint density at radius 1 is 1.42 bits per heavy atom. The van der Waals surface area contributed by atoms with E-state index in [1.165, 1.54) is 20.2 Å². The van der Waals surface area contributed by atoms with Gasteiger partial charge in [0.2, 0.25) is 0 Å². The van der Waals surface area contributed by atoms with Crippen molar-refractivity contribution in [2.24, 2.45) is 0 Å². The molecule has 6 heteroatoms. The molecule has 0 aromatic carbocycles. The largest absolute Gasteiger partial charge is 0.467 e. The molecule has 6 nitrogen and oxygen atoms in total. The molecular formula is C13H16N2O4. The third kappa shape index (κ3) is 4.87. The highest BCUT2D eigenvalue weighted by molar-refractivity contribution is 5.96. The van der Waals surface area contributed by atoms with Gasteiger partial charge < -0.3 is 14.8 Å². The van der Waals surface area contributed by atoms with Crippen molar-refractivity contribution in [2.45, 2.75) is 25.8 Å². The summed E-state index contributed by atoms with van der Waals surface area (Å²) in [5, 5.41) is 2.53. The molecule has 0 bridgehead atoms. The van der Waals surface area contributed by atoms with Gasteiger partial charge in [-0.15, -0.1) is 0 Å². The summed E-state index contributed by atoms with van der Waals surface area (Å²) < 4.78 is 4.60. The number of carbonyl (C=O) groups is 3. The average molecular weight is 264 g/mol. The molecule has 1 aromatic heterocycles. The third-order valence-electron chi connectivity index (χ3n) is 2.50. The van der Waals surface area contributed by atoms with E-state index in [4.69, 9.17) is 0 Å². The predicted octanol–water partition coefficient (Wildman–Crippen LogP) is 0.722. The van der Waals surface area contributed by atoms with Crippen molar-refractivity contribution in [2.75, 3.05) is 7.11 Å². The zero-order valence-corrected chi connectivity index (χ0v) is 10.9. The number of amides is 1. The number of hydrogen-bond acceptors (Lipinski definition) is 5. The number of pyridine rings is 1. The molecule has 1 atom stereocenters. The summed E-state index contributed by atoms with van der Waals surface area (Å²) in [6.45, 7) is 1.43. The first-order chi connectivity index (χ1) is 9.04. The van der Waals surface area contributed by atoms with Gasteiger partial charge in [-0.3, -0.25) is 9.78 Å². The minimum Gasteiger partial charge on any atom is -0.467 e. The number of hydrogen-bond donors (Lipinski definition) is 1. The van der Waals surface area contributed by atoms with Gasteiger partial charge in [0, 0.05) is 18.8 Å². The van der Waals surface area contributed by atoms with Crippen LogP contribution in [-0.4, -0.2) is 35.8 Å². The van der Waals surface area contributed by atoms with E-state index in [0.29, 0.717) is 5.56 Å². The first-order valence-electron chi connectivity index (χ1n) is 5.82. The summed E-state index contributed by atoms with van der Waals surface area (Å²) in [5.41, 5.74) is 0.347. The van der Waals surface area contributed by atoms with Gasteiger partial charge in [0.25, 0.3) is 5.91 Å². The average Bonchev–Trinajstić information content (AvgIpc) is 2.43. The van der Waals surface area contributed by atoms with Crippen LogP contribution >= 0.6 is 0 Å². The molecule has 1 N–H and O–H groups in total. The highest BCUT2D eigenvalue weighted by Crippen LogP contribution is 2.03. The maximum atomic E-state index is 11.9. The van der Waals surface area contributed by atoms with Crippen molar-refractivity contribution in [3.63, 3.8) is 0 Å². The van der Waals surface area contributed by atoms with Crippen LogP contribution in [0, 0.1) is 0 Å². The topological polar surface area (TPSA) is 85.4 Å². The van der Waals surface area contributed by atoms with Crippen molar-refractivity contribution in [1.82, 2.24) is 10.3 Å². The fourth-order valence-corrected chi connectivity index (χ4v) is 1.48. The van der Waals surface area contributed by atoms with Crippen molar-refractivity contribution in [1.29, 1.82) is 0 Å². The smallest absolute Gasteiger partial charge is 0.328 e. The molecule has 0 fully saturated rings. The summed E-state index contributed by atoms with van der Waals surface area (Å²) >= 11 is 0. The number of carbonyl (C=O) groups excluding carboxylic acids is 3. The van der Waals surface area contributed by atoms with Gasteiger partial charge in [0.1, 0.15) is 11.8 Å². The number of esters is 1. The minimum atomic E-state index is -0.832. The first kappa shape index (κ1) is 14.8. The zero-order valence-electron chi connectivity index (χ0n) is 10.9. The molecule has 102 valence electrons. The van der Waals surface area contributed by atoms with E-state index in [1.54, 1.807) is 18.3 Å².